The molecule has 0 aliphatic carbocycles. The zero-order valence-corrected chi connectivity index (χ0v) is 17.4. The number of benzene rings is 1. The Labute approximate surface area is 170 Å². The van der Waals surface area contributed by atoms with Crippen molar-refractivity contribution in [3.05, 3.63) is 53.9 Å². The third-order valence-corrected chi connectivity index (χ3v) is 3.51. The van der Waals surface area contributed by atoms with Gasteiger partial charge in [0.1, 0.15) is 5.75 Å². The first kappa shape index (κ1) is 21.8. The lowest BCUT2D eigenvalue weighted by Crippen LogP contribution is -2.41. The Morgan fingerprint density at radius 3 is 2.54 bits per heavy atom. The number of rotatable bonds is 7. The molecule has 1 heterocycles. The highest BCUT2D eigenvalue weighted by atomic mass is 127. The zero-order chi connectivity index (χ0) is 18.1. The Morgan fingerprint density at radius 1 is 1.15 bits per heavy atom. The quantitative estimate of drug-likeness (QED) is 0.215. The maximum atomic E-state index is 12.0. The number of aryl methyl sites for hydroxylation is 1. The normalized spacial score (nSPS) is 10.8. The summed E-state index contributed by atoms with van der Waals surface area (Å²) in [4.78, 5) is 16.5. The maximum Gasteiger partial charge on any atom is 0.255 e. The predicted molar refractivity (Wildman–Crippen MR) is 114 cm³/mol. The van der Waals surface area contributed by atoms with Gasteiger partial charge in [-0.15, -0.1) is 24.0 Å². The molecule has 0 unspecified atom stereocenters. The molecule has 1 amide bonds. The Balaban J connectivity index is 0.00000338. The lowest BCUT2D eigenvalue weighted by atomic mass is 10.2. The van der Waals surface area contributed by atoms with Crippen LogP contribution >= 0.6 is 24.0 Å². The third kappa shape index (κ3) is 6.95. The van der Waals surface area contributed by atoms with Crippen molar-refractivity contribution in [3.8, 4) is 5.75 Å². The van der Waals surface area contributed by atoms with Crippen LogP contribution in [-0.4, -0.2) is 41.2 Å². The lowest BCUT2D eigenvalue weighted by molar-refractivity contribution is 0.0951. The second-order valence-corrected chi connectivity index (χ2v) is 5.58. The van der Waals surface area contributed by atoms with Crippen LogP contribution < -0.4 is 16.0 Å². The molecule has 7 nitrogen and oxygen atoms in total. The molecule has 0 aliphatic rings. The minimum atomic E-state index is -0.300. The highest BCUT2D eigenvalue weighted by Crippen LogP contribution is 2.14. The van der Waals surface area contributed by atoms with Gasteiger partial charge >= 0.3 is 0 Å². The van der Waals surface area contributed by atoms with Gasteiger partial charge in [-0.1, -0.05) is 12.1 Å². The lowest BCUT2D eigenvalue weighted by Gasteiger charge is -2.12. The van der Waals surface area contributed by atoms with Crippen molar-refractivity contribution in [2.24, 2.45) is 12.0 Å². The number of nitrogens with one attached hydrogen (secondary N) is 3. The monoisotopic (exact) mass is 471 g/mol. The van der Waals surface area contributed by atoms with E-state index in [1.807, 2.05) is 37.0 Å². The standard InChI is InChI=1S/C18H25N5O2.HI/c1-3-19-18(22-12-14-8-11-23(2)13-14)21-10-9-20-17(25)15-6-4-5-7-16(15)24;/h4-8,11,13,24H,3,9-10,12H2,1-2H3,(H,20,25)(H2,19,21,22);1H. The van der Waals surface area contributed by atoms with Crippen molar-refractivity contribution >= 4 is 35.8 Å². The summed E-state index contributed by atoms with van der Waals surface area (Å²) >= 11 is 0. The predicted octanol–water partition coefficient (Wildman–Crippen LogP) is 1.83. The Bertz CT molecular complexity index is 730. The van der Waals surface area contributed by atoms with Gasteiger partial charge in [0.05, 0.1) is 12.1 Å². The molecule has 0 radical (unpaired) electrons. The third-order valence-electron chi connectivity index (χ3n) is 3.51. The number of aromatic hydroxyl groups is 1. The molecule has 1 aromatic carbocycles. The average molecular weight is 471 g/mol. The fourth-order valence-electron chi connectivity index (χ4n) is 2.28. The SMILES string of the molecule is CCNC(=NCc1ccn(C)c1)NCCNC(=O)c1ccccc1O.I. The van der Waals surface area contributed by atoms with Crippen LogP contribution in [0, 0.1) is 0 Å². The number of aliphatic imine (C=N–C) groups is 1. The molecule has 0 bridgehead atoms. The molecule has 0 fully saturated rings. The van der Waals surface area contributed by atoms with E-state index in [1.54, 1.807) is 18.2 Å². The summed E-state index contributed by atoms with van der Waals surface area (Å²) in [5.41, 5.74) is 1.40. The number of halogens is 1. The van der Waals surface area contributed by atoms with Crippen LogP contribution in [0.5, 0.6) is 5.75 Å². The first-order chi connectivity index (χ1) is 12.1. The summed E-state index contributed by atoms with van der Waals surface area (Å²) < 4.78 is 1.99. The number of carbonyl (C=O) groups is 1. The van der Waals surface area contributed by atoms with Gasteiger partial charge in [-0.3, -0.25) is 4.79 Å². The highest BCUT2D eigenvalue weighted by Gasteiger charge is 2.09. The molecular formula is C18H26IN5O2. The summed E-state index contributed by atoms with van der Waals surface area (Å²) in [6.07, 6.45) is 4.01. The van der Waals surface area contributed by atoms with Crippen molar-refractivity contribution < 1.29 is 9.90 Å². The molecule has 2 aromatic rings. The number of nitrogens with zero attached hydrogens (tertiary/aromatic N) is 2. The smallest absolute Gasteiger partial charge is 0.255 e. The molecule has 8 heteroatoms. The minimum Gasteiger partial charge on any atom is -0.507 e. The van der Waals surface area contributed by atoms with Crippen LogP contribution in [0.25, 0.3) is 0 Å². The van der Waals surface area contributed by atoms with E-state index in [0.717, 1.165) is 12.1 Å². The summed E-state index contributed by atoms with van der Waals surface area (Å²) in [7, 11) is 1.98. The van der Waals surface area contributed by atoms with Crippen LogP contribution in [0.2, 0.25) is 0 Å². The second-order valence-electron chi connectivity index (χ2n) is 5.58. The number of hydrogen-bond acceptors (Lipinski definition) is 3. The summed E-state index contributed by atoms with van der Waals surface area (Å²) in [6, 6.07) is 8.50. The van der Waals surface area contributed by atoms with E-state index in [-0.39, 0.29) is 41.2 Å². The van der Waals surface area contributed by atoms with Crippen molar-refractivity contribution in [2.75, 3.05) is 19.6 Å². The van der Waals surface area contributed by atoms with Crippen LogP contribution in [0.1, 0.15) is 22.8 Å². The van der Waals surface area contributed by atoms with Gasteiger partial charge in [-0.2, -0.15) is 0 Å². The Hall–Kier alpha value is -2.23. The number of amides is 1. The van der Waals surface area contributed by atoms with E-state index in [1.165, 1.54) is 6.07 Å². The Morgan fingerprint density at radius 2 is 1.88 bits per heavy atom. The summed E-state index contributed by atoms with van der Waals surface area (Å²) in [5, 5.41) is 18.8. The topological polar surface area (TPSA) is 90.7 Å². The van der Waals surface area contributed by atoms with Gasteiger partial charge in [0.2, 0.25) is 0 Å². The molecule has 0 saturated carbocycles. The van der Waals surface area contributed by atoms with E-state index in [2.05, 4.69) is 20.9 Å². The average Bonchev–Trinajstić information content (AvgIpc) is 3.02. The molecule has 0 atom stereocenters. The number of carbonyl (C=O) groups excluding carboxylic acids is 1. The maximum absolute atomic E-state index is 12.0. The first-order valence-electron chi connectivity index (χ1n) is 8.29. The molecule has 0 aliphatic heterocycles. The van der Waals surface area contributed by atoms with Crippen LogP contribution in [0.3, 0.4) is 0 Å². The van der Waals surface area contributed by atoms with Gasteiger partial charge in [0.15, 0.2) is 5.96 Å². The number of phenols is 1. The number of aromatic nitrogens is 1. The van der Waals surface area contributed by atoms with Crippen LogP contribution in [0.15, 0.2) is 47.7 Å². The van der Waals surface area contributed by atoms with Gasteiger partial charge in [-0.05, 0) is 30.7 Å². The molecule has 2 rings (SSSR count). The van der Waals surface area contributed by atoms with Crippen molar-refractivity contribution in [1.29, 1.82) is 0 Å². The molecule has 0 saturated heterocycles. The molecule has 142 valence electrons. The first-order valence-corrected chi connectivity index (χ1v) is 8.29. The van der Waals surface area contributed by atoms with E-state index in [4.69, 9.17) is 0 Å². The summed E-state index contributed by atoms with van der Waals surface area (Å²) in [5.74, 6) is 0.375. The van der Waals surface area contributed by atoms with Crippen molar-refractivity contribution in [1.82, 2.24) is 20.5 Å². The number of para-hydroxylation sites is 1. The van der Waals surface area contributed by atoms with Crippen LogP contribution in [-0.2, 0) is 13.6 Å². The fourth-order valence-corrected chi connectivity index (χ4v) is 2.28. The van der Waals surface area contributed by atoms with Crippen molar-refractivity contribution in [2.45, 2.75) is 13.5 Å². The molecule has 0 spiro atoms. The Kier molecular flexibility index (Phi) is 9.56. The minimum absolute atomic E-state index is 0. The van der Waals surface area contributed by atoms with Crippen LogP contribution in [0.4, 0.5) is 0 Å². The molecular weight excluding hydrogens is 445 g/mol. The van der Waals surface area contributed by atoms with Gasteiger partial charge in [0, 0.05) is 39.1 Å². The van der Waals surface area contributed by atoms with Gasteiger partial charge < -0.3 is 25.6 Å². The zero-order valence-electron chi connectivity index (χ0n) is 15.0. The fraction of sp³-hybridized carbons (Fsp3) is 0.333. The van der Waals surface area contributed by atoms with E-state index >= 15 is 0 Å². The van der Waals surface area contributed by atoms with Crippen molar-refractivity contribution in [3.63, 3.8) is 0 Å². The number of guanidine groups is 1. The largest absolute Gasteiger partial charge is 0.507 e. The highest BCUT2D eigenvalue weighted by molar-refractivity contribution is 14.0. The van der Waals surface area contributed by atoms with E-state index < -0.39 is 0 Å². The van der Waals surface area contributed by atoms with Gasteiger partial charge in [0.25, 0.3) is 5.91 Å². The number of phenolic OH excluding ortho intramolecular Hbond substituents is 1. The summed E-state index contributed by atoms with van der Waals surface area (Å²) in [6.45, 7) is 4.29. The number of hydrogen-bond donors (Lipinski definition) is 4. The molecule has 26 heavy (non-hydrogen) atoms. The van der Waals surface area contributed by atoms with Gasteiger partial charge in [-0.25, -0.2) is 4.99 Å². The second kappa shape index (κ2) is 11.4. The molecule has 4 N–H and O–H groups in total. The van der Waals surface area contributed by atoms with E-state index in [0.29, 0.717) is 25.6 Å². The molecule has 1 aromatic heterocycles. The van der Waals surface area contributed by atoms with E-state index in [9.17, 15) is 9.90 Å².